The van der Waals surface area contributed by atoms with E-state index in [2.05, 4.69) is 145 Å². The molecular formula is C36H58S2. The van der Waals surface area contributed by atoms with Gasteiger partial charge in [0.25, 0.3) is 0 Å². The van der Waals surface area contributed by atoms with Gasteiger partial charge in [0.2, 0.25) is 0 Å². The Bertz CT molecular complexity index is 917. The van der Waals surface area contributed by atoms with Crippen molar-refractivity contribution < 1.29 is 0 Å². The average molecular weight is 555 g/mol. The van der Waals surface area contributed by atoms with Crippen molar-refractivity contribution >= 4 is 21.6 Å². The zero-order chi connectivity index (χ0) is 29.2. The quantitative estimate of drug-likeness (QED) is 0.253. The van der Waals surface area contributed by atoms with Crippen LogP contribution in [0.5, 0.6) is 0 Å². The van der Waals surface area contributed by atoms with Gasteiger partial charge in [-0.05, 0) is 91.9 Å². The second-order valence-electron chi connectivity index (χ2n) is 13.8. The predicted molar refractivity (Wildman–Crippen MR) is 177 cm³/mol. The van der Waals surface area contributed by atoms with Crippen molar-refractivity contribution in [1.29, 1.82) is 0 Å². The van der Waals surface area contributed by atoms with Crippen LogP contribution in [-0.2, 0) is 0 Å². The second-order valence-corrected chi connectivity index (χ2v) is 16.0. The van der Waals surface area contributed by atoms with Crippen LogP contribution in [0.3, 0.4) is 0 Å². The number of hydrogen-bond acceptors (Lipinski definition) is 2. The molecule has 0 amide bonds. The van der Waals surface area contributed by atoms with Gasteiger partial charge >= 0.3 is 0 Å². The first-order valence-electron chi connectivity index (χ1n) is 15.3. The lowest BCUT2D eigenvalue weighted by Gasteiger charge is -2.31. The standard InChI is InChI=1S/C36H58S2/c1-19(2)27-17-28(20(3)4)32(24(11)12)35(31(27)23(9)10)37-38-36-33(25(13)14)29(21(5)6)18-30(22(7)8)34(36)26(15)16/h17-26H,1-16H3. The van der Waals surface area contributed by atoms with Crippen molar-refractivity contribution in [1.82, 2.24) is 0 Å². The predicted octanol–water partition coefficient (Wildman–Crippen LogP) is 13.5. The summed E-state index contributed by atoms with van der Waals surface area (Å²) in [6, 6.07) is 5.12. The summed E-state index contributed by atoms with van der Waals surface area (Å²) in [7, 11) is 4.13. The zero-order valence-electron chi connectivity index (χ0n) is 27.6. The van der Waals surface area contributed by atoms with Gasteiger partial charge in [-0.2, -0.15) is 0 Å². The Morgan fingerprint density at radius 1 is 0.316 bits per heavy atom. The monoisotopic (exact) mass is 554 g/mol. The number of rotatable bonds is 11. The molecule has 0 bridgehead atoms. The summed E-state index contributed by atoms with van der Waals surface area (Å²) < 4.78 is 0. The molecular weight excluding hydrogens is 497 g/mol. The van der Waals surface area contributed by atoms with Gasteiger partial charge in [0, 0.05) is 9.79 Å². The maximum absolute atomic E-state index is 2.56. The van der Waals surface area contributed by atoms with Crippen LogP contribution in [0.2, 0.25) is 0 Å². The molecule has 0 spiro atoms. The molecule has 2 heteroatoms. The maximum Gasteiger partial charge on any atom is 0.0261 e. The summed E-state index contributed by atoms with van der Waals surface area (Å²) >= 11 is 0. The van der Waals surface area contributed by atoms with Gasteiger partial charge in [0.15, 0.2) is 0 Å². The molecule has 0 aliphatic heterocycles. The Hall–Kier alpha value is -0.860. The van der Waals surface area contributed by atoms with Gasteiger partial charge in [0.05, 0.1) is 0 Å². The topological polar surface area (TPSA) is 0 Å². The smallest absolute Gasteiger partial charge is 0.0261 e. The molecule has 0 atom stereocenters. The summed E-state index contributed by atoms with van der Waals surface area (Å²) in [6.45, 7) is 38.1. The van der Waals surface area contributed by atoms with E-state index in [1.807, 2.05) is 0 Å². The lowest BCUT2D eigenvalue weighted by Crippen LogP contribution is -2.11. The molecule has 0 aromatic heterocycles. The minimum absolute atomic E-state index is 0.497. The average Bonchev–Trinajstić information content (AvgIpc) is 2.79. The zero-order valence-corrected chi connectivity index (χ0v) is 29.2. The van der Waals surface area contributed by atoms with Crippen LogP contribution >= 0.6 is 21.6 Å². The largest absolute Gasteiger partial charge is 0.0587 e. The van der Waals surface area contributed by atoms with E-state index in [1.54, 1.807) is 54.3 Å². The number of benzene rings is 2. The van der Waals surface area contributed by atoms with Gasteiger partial charge in [-0.25, -0.2) is 0 Å². The fraction of sp³-hybridized carbons (Fsp3) is 0.667. The highest BCUT2D eigenvalue weighted by Gasteiger charge is 2.28. The van der Waals surface area contributed by atoms with Gasteiger partial charge in [0.1, 0.15) is 0 Å². The van der Waals surface area contributed by atoms with Gasteiger partial charge < -0.3 is 0 Å². The van der Waals surface area contributed by atoms with E-state index in [4.69, 9.17) is 0 Å². The Morgan fingerprint density at radius 2 is 0.500 bits per heavy atom. The first-order valence-corrected chi connectivity index (χ1v) is 17.4. The van der Waals surface area contributed by atoms with Crippen molar-refractivity contribution in [3.8, 4) is 0 Å². The Balaban J connectivity index is 2.97. The van der Waals surface area contributed by atoms with E-state index in [0.29, 0.717) is 47.3 Å². The molecule has 0 fully saturated rings. The highest BCUT2D eigenvalue weighted by atomic mass is 33.1. The fourth-order valence-corrected chi connectivity index (χ4v) is 9.53. The molecule has 0 N–H and O–H groups in total. The van der Waals surface area contributed by atoms with E-state index >= 15 is 0 Å². The van der Waals surface area contributed by atoms with Crippen LogP contribution in [0.4, 0.5) is 0 Å². The van der Waals surface area contributed by atoms with E-state index < -0.39 is 0 Å². The van der Waals surface area contributed by atoms with Crippen LogP contribution in [0.1, 0.15) is 203 Å². The highest BCUT2D eigenvalue weighted by Crippen LogP contribution is 2.53. The fourth-order valence-electron chi connectivity index (χ4n) is 6.02. The van der Waals surface area contributed by atoms with Crippen molar-refractivity contribution in [2.24, 2.45) is 0 Å². The minimum Gasteiger partial charge on any atom is -0.0587 e. The van der Waals surface area contributed by atoms with Crippen LogP contribution in [0.15, 0.2) is 21.9 Å². The van der Waals surface area contributed by atoms with Gasteiger partial charge in [-0.1, -0.05) is 145 Å². The van der Waals surface area contributed by atoms with Crippen molar-refractivity contribution in [3.05, 3.63) is 56.6 Å². The van der Waals surface area contributed by atoms with E-state index in [0.717, 1.165) is 0 Å². The summed E-state index contributed by atoms with van der Waals surface area (Å²) in [5.74, 6) is 4.06. The molecule has 2 rings (SSSR count). The third-order valence-electron chi connectivity index (χ3n) is 7.85. The summed E-state index contributed by atoms with van der Waals surface area (Å²) in [5.41, 5.74) is 12.5. The molecule has 0 nitrogen and oxygen atoms in total. The Kier molecular flexibility index (Phi) is 12.0. The molecule has 0 aliphatic rings. The van der Waals surface area contributed by atoms with Crippen LogP contribution < -0.4 is 0 Å². The minimum atomic E-state index is 0.497. The Labute approximate surface area is 245 Å². The first-order chi connectivity index (χ1) is 17.5. The van der Waals surface area contributed by atoms with E-state index in [9.17, 15) is 0 Å². The van der Waals surface area contributed by atoms with Crippen molar-refractivity contribution in [2.75, 3.05) is 0 Å². The van der Waals surface area contributed by atoms with Crippen LogP contribution in [-0.4, -0.2) is 0 Å². The lowest BCUT2D eigenvalue weighted by atomic mass is 9.81. The molecule has 0 unspecified atom stereocenters. The molecule has 0 radical (unpaired) electrons. The third kappa shape index (κ3) is 7.06. The molecule has 2 aromatic carbocycles. The number of hydrogen-bond donors (Lipinski definition) is 0. The van der Waals surface area contributed by atoms with Crippen LogP contribution in [0, 0.1) is 0 Å². The molecule has 38 heavy (non-hydrogen) atoms. The van der Waals surface area contributed by atoms with Crippen molar-refractivity contribution in [2.45, 2.75) is 168 Å². The molecule has 0 saturated heterocycles. The normalized spacial score (nSPS) is 12.7. The molecule has 214 valence electrons. The Morgan fingerprint density at radius 3 is 0.632 bits per heavy atom. The van der Waals surface area contributed by atoms with Gasteiger partial charge in [-0.3, -0.25) is 0 Å². The third-order valence-corrected chi connectivity index (χ3v) is 10.4. The maximum atomic E-state index is 2.56. The van der Waals surface area contributed by atoms with Gasteiger partial charge in [-0.15, -0.1) is 0 Å². The lowest BCUT2D eigenvalue weighted by molar-refractivity contribution is 0.718. The van der Waals surface area contributed by atoms with E-state index in [1.165, 1.54) is 0 Å². The summed E-state index contributed by atoms with van der Waals surface area (Å²) in [6.07, 6.45) is 0. The molecule has 0 saturated carbocycles. The summed E-state index contributed by atoms with van der Waals surface area (Å²) in [5, 5.41) is 0. The van der Waals surface area contributed by atoms with Crippen molar-refractivity contribution in [3.63, 3.8) is 0 Å². The molecule has 0 aliphatic carbocycles. The SMILES string of the molecule is CC(C)c1cc(C(C)C)c(C(C)C)c(SSc2c(C(C)C)c(C(C)C)cc(C(C)C)c2C(C)C)c1C(C)C. The molecule has 0 heterocycles. The van der Waals surface area contributed by atoms with Crippen LogP contribution in [0.25, 0.3) is 0 Å². The van der Waals surface area contributed by atoms with E-state index in [-0.39, 0.29) is 0 Å². The highest BCUT2D eigenvalue weighted by molar-refractivity contribution is 8.76. The summed E-state index contributed by atoms with van der Waals surface area (Å²) in [4.78, 5) is 3.08. The second kappa shape index (κ2) is 13.7. The molecule has 2 aromatic rings. The first kappa shape index (κ1) is 33.3.